The van der Waals surface area contributed by atoms with E-state index in [9.17, 15) is 0 Å². The second-order valence-electron chi connectivity index (χ2n) is 4.26. The monoisotopic (exact) mass is 253 g/mol. The zero-order valence-electron chi connectivity index (χ0n) is 10.8. The minimum absolute atomic E-state index is 0.462. The molecular formula is C13H23N3S. The van der Waals surface area contributed by atoms with E-state index >= 15 is 0 Å². The first kappa shape index (κ1) is 14.5. The summed E-state index contributed by atoms with van der Waals surface area (Å²) in [5.41, 5.74) is 6.95. The lowest BCUT2D eigenvalue weighted by Crippen LogP contribution is -2.37. The number of hydrogen-bond acceptors (Lipinski definition) is 4. The highest BCUT2D eigenvalue weighted by Crippen LogP contribution is 2.10. The third kappa shape index (κ3) is 5.52. The molecule has 1 rings (SSSR count). The topological polar surface area (TPSA) is 42.1 Å². The largest absolute Gasteiger partial charge is 0.329 e. The van der Waals surface area contributed by atoms with Crippen molar-refractivity contribution >= 4 is 11.8 Å². The predicted octanol–water partition coefficient (Wildman–Crippen LogP) is 1.98. The molecule has 0 saturated carbocycles. The van der Waals surface area contributed by atoms with Crippen molar-refractivity contribution in [2.45, 2.75) is 25.4 Å². The minimum Gasteiger partial charge on any atom is -0.329 e. The Morgan fingerprint density at radius 2 is 2.29 bits per heavy atom. The van der Waals surface area contributed by atoms with Gasteiger partial charge in [-0.05, 0) is 44.0 Å². The van der Waals surface area contributed by atoms with Gasteiger partial charge in [0.25, 0.3) is 0 Å². The molecular weight excluding hydrogens is 230 g/mol. The molecule has 4 heteroatoms. The number of nitrogens with two attached hydrogens (primary N) is 1. The van der Waals surface area contributed by atoms with Gasteiger partial charge in [0, 0.05) is 25.3 Å². The van der Waals surface area contributed by atoms with Gasteiger partial charge >= 0.3 is 0 Å². The normalized spacial score (nSPS) is 12.9. The van der Waals surface area contributed by atoms with Crippen LogP contribution in [0.15, 0.2) is 24.4 Å². The molecule has 1 heterocycles. The van der Waals surface area contributed by atoms with Gasteiger partial charge in [0.05, 0.1) is 5.69 Å². The molecule has 17 heavy (non-hydrogen) atoms. The summed E-state index contributed by atoms with van der Waals surface area (Å²) in [6.07, 6.45) is 6.39. The Bertz CT molecular complexity index is 292. The van der Waals surface area contributed by atoms with Crippen LogP contribution in [0.2, 0.25) is 0 Å². The van der Waals surface area contributed by atoms with Gasteiger partial charge in [0.2, 0.25) is 0 Å². The average Bonchev–Trinajstić information content (AvgIpc) is 2.36. The summed E-state index contributed by atoms with van der Waals surface area (Å²) >= 11 is 1.90. The van der Waals surface area contributed by atoms with E-state index in [2.05, 4.69) is 29.3 Å². The average molecular weight is 253 g/mol. The molecule has 0 aliphatic rings. The van der Waals surface area contributed by atoms with Crippen LogP contribution in [0, 0.1) is 0 Å². The van der Waals surface area contributed by atoms with Crippen molar-refractivity contribution in [2.75, 3.05) is 25.6 Å². The Kier molecular flexibility index (Phi) is 7.24. The van der Waals surface area contributed by atoms with Crippen LogP contribution < -0.4 is 5.73 Å². The molecule has 1 aromatic rings. The van der Waals surface area contributed by atoms with Crippen LogP contribution in [0.5, 0.6) is 0 Å². The van der Waals surface area contributed by atoms with E-state index in [1.807, 2.05) is 30.1 Å². The predicted molar refractivity (Wildman–Crippen MR) is 76.2 cm³/mol. The van der Waals surface area contributed by atoms with Crippen molar-refractivity contribution in [3.05, 3.63) is 30.1 Å². The first-order valence-corrected chi connectivity index (χ1v) is 7.46. The molecule has 0 radical (unpaired) electrons. The summed E-state index contributed by atoms with van der Waals surface area (Å²) < 4.78 is 0. The molecule has 96 valence electrons. The second-order valence-corrected chi connectivity index (χ2v) is 5.25. The summed E-state index contributed by atoms with van der Waals surface area (Å²) in [4.78, 5) is 6.65. The Hall–Kier alpha value is -0.580. The number of nitrogens with zero attached hydrogens (tertiary/aromatic N) is 2. The Balaban J connectivity index is 2.40. The molecule has 1 unspecified atom stereocenters. The summed E-state index contributed by atoms with van der Waals surface area (Å²) in [6, 6.07) is 6.50. The molecule has 0 amide bonds. The third-order valence-electron chi connectivity index (χ3n) is 2.92. The highest BCUT2D eigenvalue weighted by atomic mass is 32.2. The van der Waals surface area contributed by atoms with Crippen LogP contribution in [0.3, 0.4) is 0 Å². The fourth-order valence-corrected chi connectivity index (χ4v) is 2.31. The van der Waals surface area contributed by atoms with Crippen molar-refractivity contribution in [1.82, 2.24) is 9.88 Å². The van der Waals surface area contributed by atoms with Gasteiger partial charge < -0.3 is 5.73 Å². The molecule has 1 aromatic heterocycles. The number of hydrogen-bond donors (Lipinski definition) is 1. The fraction of sp³-hybridized carbons (Fsp3) is 0.615. The molecule has 3 nitrogen and oxygen atoms in total. The first-order valence-electron chi connectivity index (χ1n) is 6.07. The van der Waals surface area contributed by atoms with E-state index in [-0.39, 0.29) is 0 Å². The SMILES string of the molecule is CSCCCC(CN)N(C)Cc1ccccn1. The van der Waals surface area contributed by atoms with Crippen LogP contribution in [-0.4, -0.2) is 41.5 Å². The maximum atomic E-state index is 5.84. The number of pyridine rings is 1. The zero-order valence-corrected chi connectivity index (χ0v) is 11.6. The van der Waals surface area contributed by atoms with E-state index in [4.69, 9.17) is 5.73 Å². The Morgan fingerprint density at radius 3 is 2.88 bits per heavy atom. The highest BCUT2D eigenvalue weighted by Gasteiger charge is 2.13. The number of aromatic nitrogens is 1. The first-order chi connectivity index (χ1) is 8.27. The molecule has 0 bridgehead atoms. The minimum atomic E-state index is 0.462. The molecule has 0 aliphatic carbocycles. The molecule has 0 fully saturated rings. The van der Waals surface area contributed by atoms with Crippen LogP contribution in [0.1, 0.15) is 18.5 Å². The van der Waals surface area contributed by atoms with Crippen LogP contribution >= 0.6 is 11.8 Å². The lowest BCUT2D eigenvalue weighted by atomic mass is 10.1. The van der Waals surface area contributed by atoms with Gasteiger partial charge in [0.15, 0.2) is 0 Å². The van der Waals surface area contributed by atoms with Gasteiger partial charge in [0.1, 0.15) is 0 Å². The lowest BCUT2D eigenvalue weighted by Gasteiger charge is -2.26. The number of likely N-dealkylation sites (N-methyl/N-ethyl adjacent to an activating group) is 1. The number of rotatable bonds is 8. The van der Waals surface area contributed by atoms with Gasteiger partial charge in [-0.2, -0.15) is 11.8 Å². The van der Waals surface area contributed by atoms with Gasteiger partial charge in [-0.1, -0.05) is 6.07 Å². The van der Waals surface area contributed by atoms with Gasteiger partial charge in [-0.3, -0.25) is 9.88 Å². The van der Waals surface area contributed by atoms with E-state index in [0.29, 0.717) is 6.04 Å². The zero-order chi connectivity index (χ0) is 12.5. The maximum Gasteiger partial charge on any atom is 0.0543 e. The highest BCUT2D eigenvalue weighted by molar-refractivity contribution is 7.98. The second kappa shape index (κ2) is 8.50. The van der Waals surface area contributed by atoms with Crippen molar-refractivity contribution < 1.29 is 0 Å². The maximum absolute atomic E-state index is 5.84. The molecule has 2 N–H and O–H groups in total. The number of thioether (sulfide) groups is 1. The quantitative estimate of drug-likeness (QED) is 0.719. The molecule has 0 aromatic carbocycles. The lowest BCUT2D eigenvalue weighted by molar-refractivity contribution is 0.224. The standard InChI is InChI=1S/C13H23N3S/c1-16(11-12-6-3-4-8-15-12)13(10-14)7-5-9-17-2/h3-4,6,8,13H,5,7,9-11,14H2,1-2H3. The summed E-state index contributed by atoms with van der Waals surface area (Å²) in [5.74, 6) is 1.22. The third-order valence-corrected chi connectivity index (χ3v) is 3.62. The molecule has 1 atom stereocenters. The van der Waals surface area contributed by atoms with Crippen LogP contribution in [0.4, 0.5) is 0 Å². The van der Waals surface area contributed by atoms with Crippen molar-refractivity contribution in [1.29, 1.82) is 0 Å². The van der Waals surface area contributed by atoms with E-state index in [1.54, 1.807) is 0 Å². The van der Waals surface area contributed by atoms with E-state index < -0.39 is 0 Å². The fourth-order valence-electron chi connectivity index (χ4n) is 1.86. The Labute approximate surface area is 109 Å². The molecule has 0 spiro atoms. The van der Waals surface area contributed by atoms with Crippen LogP contribution in [-0.2, 0) is 6.54 Å². The summed E-state index contributed by atoms with van der Waals surface area (Å²) in [7, 11) is 2.13. The summed E-state index contributed by atoms with van der Waals surface area (Å²) in [5, 5.41) is 0. The van der Waals surface area contributed by atoms with Crippen LogP contribution in [0.25, 0.3) is 0 Å². The summed E-state index contributed by atoms with van der Waals surface area (Å²) in [6.45, 7) is 1.60. The Morgan fingerprint density at radius 1 is 1.47 bits per heavy atom. The molecule has 0 aliphatic heterocycles. The van der Waals surface area contributed by atoms with E-state index in [0.717, 1.165) is 18.8 Å². The van der Waals surface area contributed by atoms with Crippen molar-refractivity contribution in [3.8, 4) is 0 Å². The van der Waals surface area contributed by atoms with Gasteiger partial charge in [-0.25, -0.2) is 0 Å². The van der Waals surface area contributed by atoms with E-state index in [1.165, 1.54) is 18.6 Å². The van der Waals surface area contributed by atoms with Gasteiger partial charge in [-0.15, -0.1) is 0 Å². The smallest absolute Gasteiger partial charge is 0.0543 e. The van der Waals surface area contributed by atoms with Crippen molar-refractivity contribution in [2.24, 2.45) is 5.73 Å². The van der Waals surface area contributed by atoms with Crippen molar-refractivity contribution in [3.63, 3.8) is 0 Å². The molecule has 0 saturated heterocycles.